The third-order valence-corrected chi connectivity index (χ3v) is 4.95. The van der Waals surface area contributed by atoms with Crippen molar-refractivity contribution in [2.75, 3.05) is 5.32 Å². The van der Waals surface area contributed by atoms with Crippen LogP contribution in [-0.4, -0.2) is 21.4 Å². The molecule has 0 radical (unpaired) electrons. The number of halogens is 4. The van der Waals surface area contributed by atoms with Gasteiger partial charge in [0.2, 0.25) is 0 Å². The number of hydrogen-bond acceptors (Lipinski definition) is 6. The quantitative estimate of drug-likeness (QED) is 0.232. The first-order chi connectivity index (χ1) is 15.0. The SMILES string of the molecule is O=C(Nc1ccc(Oc2ccc(SC(F)(F)F)cc2)c(Cl)c1)c1c(O)cccc1[N+](=O)[O-]. The maximum Gasteiger partial charge on any atom is 0.446 e. The van der Waals surface area contributed by atoms with Crippen molar-refractivity contribution < 1.29 is 32.7 Å². The van der Waals surface area contributed by atoms with Crippen molar-refractivity contribution in [1.82, 2.24) is 0 Å². The van der Waals surface area contributed by atoms with Crippen LogP contribution in [0.3, 0.4) is 0 Å². The molecule has 0 saturated heterocycles. The van der Waals surface area contributed by atoms with Crippen LogP contribution in [0.15, 0.2) is 65.6 Å². The number of phenols is 1. The molecule has 0 aliphatic heterocycles. The Bertz CT molecular complexity index is 1170. The second-order valence-electron chi connectivity index (χ2n) is 6.15. The molecular weight excluding hydrogens is 473 g/mol. The lowest BCUT2D eigenvalue weighted by molar-refractivity contribution is -0.385. The Labute approximate surface area is 187 Å². The van der Waals surface area contributed by atoms with Gasteiger partial charge in [0.05, 0.1) is 9.95 Å². The van der Waals surface area contributed by atoms with E-state index in [9.17, 15) is 33.2 Å². The summed E-state index contributed by atoms with van der Waals surface area (Å²) in [5, 5.41) is 23.4. The highest BCUT2D eigenvalue weighted by Crippen LogP contribution is 2.38. The van der Waals surface area contributed by atoms with Gasteiger partial charge in [0.25, 0.3) is 11.6 Å². The van der Waals surface area contributed by atoms with E-state index in [2.05, 4.69) is 5.32 Å². The molecule has 32 heavy (non-hydrogen) atoms. The molecule has 166 valence electrons. The van der Waals surface area contributed by atoms with Gasteiger partial charge in [-0.2, -0.15) is 13.2 Å². The highest BCUT2D eigenvalue weighted by Gasteiger charge is 2.29. The summed E-state index contributed by atoms with van der Waals surface area (Å²) < 4.78 is 42.7. The molecule has 0 bridgehead atoms. The number of amides is 1. The highest BCUT2D eigenvalue weighted by atomic mass is 35.5. The van der Waals surface area contributed by atoms with Gasteiger partial charge >= 0.3 is 5.51 Å². The zero-order chi connectivity index (χ0) is 23.5. The van der Waals surface area contributed by atoms with E-state index in [1.807, 2.05) is 0 Å². The van der Waals surface area contributed by atoms with Crippen LogP contribution in [-0.2, 0) is 0 Å². The smallest absolute Gasteiger partial charge is 0.446 e. The summed E-state index contributed by atoms with van der Waals surface area (Å²) in [4.78, 5) is 22.8. The number of ether oxygens (including phenoxy) is 1. The molecule has 0 heterocycles. The number of hydrogen-bond donors (Lipinski definition) is 2. The fraction of sp³-hybridized carbons (Fsp3) is 0.0500. The Kier molecular flexibility index (Phi) is 6.80. The molecule has 0 aromatic heterocycles. The lowest BCUT2D eigenvalue weighted by Crippen LogP contribution is -2.14. The number of anilines is 1. The lowest BCUT2D eigenvalue weighted by atomic mass is 10.1. The normalized spacial score (nSPS) is 11.1. The van der Waals surface area contributed by atoms with E-state index in [-0.39, 0.29) is 38.9 Å². The molecular formula is C20H12ClF3N2O5S. The molecule has 0 atom stereocenters. The molecule has 0 aliphatic rings. The van der Waals surface area contributed by atoms with Gasteiger partial charge in [-0.05, 0) is 60.3 Å². The van der Waals surface area contributed by atoms with Crippen LogP contribution in [0.4, 0.5) is 24.5 Å². The number of nitro groups is 1. The van der Waals surface area contributed by atoms with Gasteiger partial charge in [0.1, 0.15) is 17.2 Å². The van der Waals surface area contributed by atoms with Crippen LogP contribution in [0.25, 0.3) is 0 Å². The number of nitrogens with zero attached hydrogens (tertiary/aromatic N) is 1. The average Bonchev–Trinajstić information content (AvgIpc) is 2.70. The molecule has 3 rings (SSSR count). The van der Waals surface area contributed by atoms with E-state index in [0.29, 0.717) is 0 Å². The zero-order valence-electron chi connectivity index (χ0n) is 15.7. The molecule has 3 aromatic rings. The third kappa shape index (κ3) is 5.83. The van der Waals surface area contributed by atoms with E-state index < -0.39 is 33.3 Å². The number of alkyl halides is 3. The number of thioether (sulfide) groups is 1. The van der Waals surface area contributed by atoms with Gasteiger partial charge in [-0.1, -0.05) is 17.7 Å². The molecule has 0 aliphatic carbocycles. The summed E-state index contributed by atoms with van der Waals surface area (Å²) in [6.45, 7) is 0. The molecule has 7 nitrogen and oxygen atoms in total. The molecule has 0 fully saturated rings. The Balaban J connectivity index is 1.74. The standard InChI is InChI=1S/C20H12ClF3N2O5S/c21-14-10-11(25-19(28)18-15(26(29)30)2-1-3-16(18)27)4-9-17(14)31-12-5-7-13(8-6-12)32-20(22,23)24/h1-10,27H,(H,25,28). The van der Waals surface area contributed by atoms with Crippen LogP contribution >= 0.6 is 23.4 Å². The number of nitrogens with one attached hydrogen (secondary N) is 1. The van der Waals surface area contributed by atoms with Crippen LogP contribution < -0.4 is 10.1 Å². The second kappa shape index (κ2) is 9.37. The van der Waals surface area contributed by atoms with Gasteiger partial charge in [-0.15, -0.1) is 0 Å². The van der Waals surface area contributed by atoms with Crippen molar-refractivity contribution in [2.45, 2.75) is 10.4 Å². The summed E-state index contributed by atoms with van der Waals surface area (Å²) >= 11 is 5.90. The minimum absolute atomic E-state index is 0.00716. The fourth-order valence-electron chi connectivity index (χ4n) is 2.60. The Morgan fingerprint density at radius 3 is 2.41 bits per heavy atom. The number of aromatic hydroxyl groups is 1. The summed E-state index contributed by atoms with van der Waals surface area (Å²) in [6.07, 6.45) is 0. The number of carbonyl (C=O) groups is 1. The first-order valence-electron chi connectivity index (χ1n) is 8.64. The number of phenolic OH excluding ortho intramolecular Hbond substituents is 1. The fourth-order valence-corrected chi connectivity index (χ4v) is 3.36. The molecule has 3 aromatic carbocycles. The molecule has 0 unspecified atom stereocenters. The molecule has 0 saturated carbocycles. The van der Waals surface area contributed by atoms with Crippen LogP contribution in [0.5, 0.6) is 17.2 Å². The number of nitro benzene ring substituents is 1. The topological polar surface area (TPSA) is 102 Å². The van der Waals surface area contributed by atoms with E-state index in [1.165, 1.54) is 48.5 Å². The number of benzene rings is 3. The lowest BCUT2D eigenvalue weighted by Gasteiger charge is -2.11. The monoisotopic (exact) mass is 484 g/mol. The summed E-state index contributed by atoms with van der Waals surface area (Å²) in [5.41, 5.74) is -5.31. The second-order valence-corrected chi connectivity index (χ2v) is 7.69. The molecule has 1 amide bonds. The van der Waals surface area contributed by atoms with Crippen molar-refractivity contribution in [1.29, 1.82) is 0 Å². The zero-order valence-corrected chi connectivity index (χ0v) is 17.3. The Morgan fingerprint density at radius 1 is 1.12 bits per heavy atom. The molecule has 2 N–H and O–H groups in total. The summed E-state index contributed by atoms with van der Waals surface area (Å²) in [5.74, 6) is -1.08. The van der Waals surface area contributed by atoms with Gasteiger partial charge in [-0.3, -0.25) is 14.9 Å². The van der Waals surface area contributed by atoms with Crippen molar-refractivity contribution in [3.8, 4) is 17.2 Å². The summed E-state index contributed by atoms with van der Waals surface area (Å²) in [7, 11) is 0. The van der Waals surface area contributed by atoms with E-state index in [4.69, 9.17) is 16.3 Å². The van der Waals surface area contributed by atoms with E-state index >= 15 is 0 Å². The van der Waals surface area contributed by atoms with Gasteiger partial charge in [0, 0.05) is 16.6 Å². The van der Waals surface area contributed by atoms with Crippen molar-refractivity contribution in [3.63, 3.8) is 0 Å². The van der Waals surface area contributed by atoms with Crippen molar-refractivity contribution in [2.24, 2.45) is 0 Å². The van der Waals surface area contributed by atoms with Crippen LogP contribution in [0, 0.1) is 10.1 Å². The van der Waals surface area contributed by atoms with Gasteiger partial charge in [-0.25, -0.2) is 0 Å². The molecule has 12 heteroatoms. The third-order valence-electron chi connectivity index (χ3n) is 3.92. The number of rotatable bonds is 6. The van der Waals surface area contributed by atoms with Gasteiger partial charge < -0.3 is 15.2 Å². The van der Waals surface area contributed by atoms with E-state index in [0.717, 1.165) is 12.1 Å². The average molecular weight is 485 g/mol. The highest BCUT2D eigenvalue weighted by molar-refractivity contribution is 8.00. The van der Waals surface area contributed by atoms with Crippen LogP contribution in [0.2, 0.25) is 5.02 Å². The molecule has 0 spiro atoms. The maximum atomic E-state index is 12.4. The Hall–Kier alpha value is -3.44. The Morgan fingerprint density at radius 2 is 1.81 bits per heavy atom. The van der Waals surface area contributed by atoms with Gasteiger partial charge in [0.15, 0.2) is 5.56 Å². The predicted octanol–water partition coefficient (Wildman–Crippen LogP) is 6.61. The minimum Gasteiger partial charge on any atom is -0.507 e. The predicted molar refractivity (Wildman–Crippen MR) is 113 cm³/mol. The number of carbonyl (C=O) groups excluding carboxylic acids is 1. The van der Waals surface area contributed by atoms with Crippen molar-refractivity contribution in [3.05, 3.63) is 81.4 Å². The largest absolute Gasteiger partial charge is 0.507 e. The maximum absolute atomic E-state index is 12.4. The minimum atomic E-state index is -4.40. The van der Waals surface area contributed by atoms with Crippen LogP contribution in [0.1, 0.15) is 10.4 Å². The summed E-state index contributed by atoms with van der Waals surface area (Å²) in [6, 6.07) is 12.8. The van der Waals surface area contributed by atoms with Crippen molar-refractivity contribution >= 4 is 40.6 Å². The first-order valence-corrected chi connectivity index (χ1v) is 9.84. The first kappa shape index (κ1) is 23.2. The van der Waals surface area contributed by atoms with E-state index in [1.54, 1.807) is 0 Å².